The second-order valence-corrected chi connectivity index (χ2v) is 5.90. The van der Waals surface area contributed by atoms with E-state index in [9.17, 15) is 0 Å². The monoisotopic (exact) mass is 265 g/mol. The van der Waals surface area contributed by atoms with Crippen molar-refractivity contribution in [2.45, 2.75) is 44.9 Å². The second kappa shape index (κ2) is 6.13. The molecule has 2 aromatic rings. The van der Waals surface area contributed by atoms with Crippen LogP contribution in [-0.2, 0) is 0 Å². The zero-order valence-electron chi connectivity index (χ0n) is 12.2. The molecule has 1 nitrogen and oxygen atoms in total. The molecular weight excluding hydrogens is 242 g/mol. The highest BCUT2D eigenvalue weighted by atomic mass is 14.9. The molecule has 0 heterocycles. The maximum absolute atomic E-state index is 3.50. The Labute approximate surface area is 122 Å². The highest BCUT2D eigenvalue weighted by Crippen LogP contribution is 2.33. The van der Waals surface area contributed by atoms with E-state index in [1.807, 2.05) is 0 Å². The number of aryl methyl sites for hydroxylation is 1. The van der Waals surface area contributed by atoms with E-state index in [2.05, 4.69) is 60.8 Å². The van der Waals surface area contributed by atoms with E-state index in [0.717, 1.165) is 5.92 Å². The number of anilines is 2. The van der Waals surface area contributed by atoms with Gasteiger partial charge in [-0.1, -0.05) is 49.6 Å². The van der Waals surface area contributed by atoms with Gasteiger partial charge in [-0.2, -0.15) is 0 Å². The summed E-state index contributed by atoms with van der Waals surface area (Å²) in [6, 6.07) is 17.5. The summed E-state index contributed by atoms with van der Waals surface area (Å²) in [5.41, 5.74) is 5.17. The topological polar surface area (TPSA) is 12.0 Å². The van der Waals surface area contributed by atoms with Gasteiger partial charge in [0, 0.05) is 11.4 Å². The molecule has 0 radical (unpaired) electrons. The summed E-state index contributed by atoms with van der Waals surface area (Å²) in [4.78, 5) is 0. The van der Waals surface area contributed by atoms with Crippen molar-refractivity contribution < 1.29 is 0 Å². The summed E-state index contributed by atoms with van der Waals surface area (Å²) in [6.45, 7) is 2.14. The van der Waals surface area contributed by atoms with E-state index in [0.29, 0.717) is 0 Å². The van der Waals surface area contributed by atoms with Gasteiger partial charge < -0.3 is 5.32 Å². The number of nitrogens with one attached hydrogen (secondary N) is 1. The van der Waals surface area contributed by atoms with Crippen LogP contribution in [0.15, 0.2) is 48.5 Å². The first-order valence-corrected chi connectivity index (χ1v) is 7.75. The summed E-state index contributed by atoms with van der Waals surface area (Å²) in [5.74, 6) is 0.788. The summed E-state index contributed by atoms with van der Waals surface area (Å²) < 4.78 is 0. The molecule has 0 saturated heterocycles. The first-order valence-electron chi connectivity index (χ1n) is 7.75. The number of hydrogen-bond donors (Lipinski definition) is 1. The van der Waals surface area contributed by atoms with E-state index in [4.69, 9.17) is 0 Å². The van der Waals surface area contributed by atoms with Crippen molar-refractivity contribution in [3.63, 3.8) is 0 Å². The lowest BCUT2D eigenvalue weighted by Gasteiger charge is -2.22. The van der Waals surface area contributed by atoms with Crippen molar-refractivity contribution >= 4 is 11.4 Å². The van der Waals surface area contributed by atoms with E-state index >= 15 is 0 Å². The predicted molar refractivity (Wildman–Crippen MR) is 86.7 cm³/mol. The van der Waals surface area contributed by atoms with Gasteiger partial charge >= 0.3 is 0 Å². The Bertz CT molecular complexity index is 550. The minimum absolute atomic E-state index is 0.788. The Morgan fingerprint density at radius 3 is 2.25 bits per heavy atom. The second-order valence-electron chi connectivity index (χ2n) is 5.90. The third-order valence-corrected chi connectivity index (χ3v) is 4.41. The van der Waals surface area contributed by atoms with Crippen molar-refractivity contribution in [3.8, 4) is 0 Å². The van der Waals surface area contributed by atoms with Crippen LogP contribution in [0.25, 0.3) is 0 Å². The normalized spacial score (nSPS) is 16.1. The molecule has 0 unspecified atom stereocenters. The van der Waals surface area contributed by atoms with Gasteiger partial charge in [0.15, 0.2) is 0 Å². The highest BCUT2D eigenvalue weighted by molar-refractivity contribution is 5.63. The molecule has 0 aliphatic heterocycles. The predicted octanol–water partition coefficient (Wildman–Crippen LogP) is 5.79. The van der Waals surface area contributed by atoms with Crippen LogP contribution in [0.4, 0.5) is 11.4 Å². The molecule has 0 spiro atoms. The van der Waals surface area contributed by atoms with Crippen molar-refractivity contribution in [3.05, 3.63) is 59.7 Å². The van der Waals surface area contributed by atoms with Crippen LogP contribution >= 0.6 is 0 Å². The molecule has 0 aromatic heterocycles. The average Bonchev–Trinajstić information content (AvgIpc) is 2.51. The molecule has 3 rings (SSSR count). The van der Waals surface area contributed by atoms with Crippen LogP contribution < -0.4 is 5.32 Å². The molecule has 20 heavy (non-hydrogen) atoms. The van der Waals surface area contributed by atoms with Crippen LogP contribution in [0.2, 0.25) is 0 Å². The number of hydrogen-bond acceptors (Lipinski definition) is 1. The summed E-state index contributed by atoms with van der Waals surface area (Å²) >= 11 is 0. The van der Waals surface area contributed by atoms with Crippen molar-refractivity contribution in [2.75, 3.05) is 5.32 Å². The highest BCUT2D eigenvalue weighted by Gasteiger charge is 2.14. The molecule has 1 aliphatic rings. The lowest BCUT2D eigenvalue weighted by molar-refractivity contribution is 0.443. The first kappa shape index (κ1) is 13.2. The van der Waals surface area contributed by atoms with Crippen molar-refractivity contribution in [1.29, 1.82) is 0 Å². The van der Waals surface area contributed by atoms with Gasteiger partial charge in [-0.15, -0.1) is 0 Å². The molecule has 1 saturated carbocycles. The Hall–Kier alpha value is -1.76. The minimum atomic E-state index is 0.788. The van der Waals surface area contributed by atoms with E-state index in [-0.39, 0.29) is 0 Å². The molecule has 104 valence electrons. The fourth-order valence-corrected chi connectivity index (χ4v) is 3.14. The van der Waals surface area contributed by atoms with Gasteiger partial charge in [0.05, 0.1) is 0 Å². The maximum Gasteiger partial charge on any atom is 0.0413 e. The van der Waals surface area contributed by atoms with Gasteiger partial charge in [-0.3, -0.25) is 0 Å². The zero-order valence-corrected chi connectivity index (χ0v) is 12.2. The van der Waals surface area contributed by atoms with Crippen LogP contribution in [0.5, 0.6) is 0 Å². The largest absolute Gasteiger partial charge is 0.355 e. The summed E-state index contributed by atoms with van der Waals surface area (Å²) in [7, 11) is 0. The van der Waals surface area contributed by atoms with Gasteiger partial charge in [0.2, 0.25) is 0 Å². The number of benzene rings is 2. The van der Waals surface area contributed by atoms with Crippen LogP contribution in [0.3, 0.4) is 0 Å². The molecule has 2 aromatic carbocycles. The molecule has 1 heteroatoms. The van der Waals surface area contributed by atoms with E-state index in [1.165, 1.54) is 54.6 Å². The van der Waals surface area contributed by atoms with Gasteiger partial charge in [-0.25, -0.2) is 0 Å². The quantitative estimate of drug-likeness (QED) is 0.741. The molecule has 1 aliphatic carbocycles. The third-order valence-electron chi connectivity index (χ3n) is 4.41. The van der Waals surface area contributed by atoms with Crippen LogP contribution in [0, 0.1) is 6.92 Å². The lowest BCUT2D eigenvalue weighted by atomic mass is 9.84. The maximum atomic E-state index is 3.50. The smallest absolute Gasteiger partial charge is 0.0413 e. The SMILES string of the molecule is Cc1ccccc1Nc1ccc(C2CCCCC2)cc1. The molecule has 0 bridgehead atoms. The summed E-state index contributed by atoms with van der Waals surface area (Å²) in [5, 5.41) is 3.50. The van der Waals surface area contributed by atoms with Crippen molar-refractivity contribution in [2.24, 2.45) is 0 Å². The van der Waals surface area contributed by atoms with E-state index in [1.54, 1.807) is 0 Å². The van der Waals surface area contributed by atoms with Gasteiger partial charge in [0.25, 0.3) is 0 Å². The lowest BCUT2D eigenvalue weighted by Crippen LogP contribution is -2.04. The Morgan fingerprint density at radius 1 is 0.850 bits per heavy atom. The number of para-hydroxylation sites is 1. The molecule has 1 fully saturated rings. The molecule has 0 amide bonds. The van der Waals surface area contributed by atoms with Gasteiger partial charge in [-0.05, 0) is 55.0 Å². The first-order chi connectivity index (χ1) is 9.83. The fourth-order valence-electron chi connectivity index (χ4n) is 3.14. The third kappa shape index (κ3) is 3.04. The molecule has 0 atom stereocenters. The van der Waals surface area contributed by atoms with Crippen LogP contribution in [-0.4, -0.2) is 0 Å². The van der Waals surface area contributed by atoms with Crippen LogP contribution in [0.1, 0.15) is 49.1 Å². The Balaban J connectivity index is 1.71. The average molecular weight is 265 g/mol. The zero-order chi connectivity index (χ0) is 13.8. The number of rotatable bonds is 3. The summed E-state index contributed by atoms with van der Waals surface area (Å²) in [6.07, 6.45) is 6.94. The molecule has 1 N–H and O–H groups in total. The van der Waals surface area contributed by atoms with E-state index < -0.39 is 0 Å². The van der Waals surface area contributed by atoms with Gasteiger partial charge in [0.1, 0.15) is 0 Å². The molecular formula is C19H23N. The minimum Gasteiger partial charge on any atom is -0.355 e. The Morgan fingerprint density at radius 2 is 1.55 bits per heavy atom. The standard InChI is InChI=1S/C19H23N/c1-15-7-5-6-10-19(15)20-18-13-11-17(12-14-18)16-8-3-2-4-9-16/h5-7,10-14,16,20H,2-4,8-9H2,1H3. The Kier molecular flexibility index (Phi) is 4.05. The van der Waals surface area contributed by atoms with Crippen molar-refractivity contribution in [1.82, 2.24) is 0 Å². The fraction of sp³-hybridized carbons (Fsp3) is 0.368.